The maximum atomic E-state index is 11.3. The molecule has 0 aromatic carbocycles. The third kappa shape index (κ3) is 6.31. The molecular weight excluding hydrogens is 228 g/mol. The van der Waals surface area contributed by atoms with E-state index in [-0.39, 0.29) is 17.6 Å². The van der Waals surface area contributed by atoms with E-state index >= 15 is 0 Å². The van der Waals surface area contributed by atoms with Gasteiger partial charge in [-0.1, -0.05) is 12.2 Å². The number of hydrogen-bond donors (Lipinski definition) is 3. The zero-order valence-corrected chi connectivity index (χ0v) is 10.6. The van der Waals surface area contributed by atoms with E-state index in [0.717, 1.165) is 0 Å². The molecule has 0 aromatic rings. The average molecular weight is 246 g/mol. The number of nitrogens with one attached hydrogen (secondary N) is 2. The van der Waals surface area contributed by atoms with Crippen LogP contribution in [0.3, 0.4) is 0 Å². The summed E-state index contributed by atoms with van der Waals surface area (Å²) in [4.78, 5) is 24.5. The number of carbonyl (C=O) groups is 2. The number of carbonyl (C=O) groups excluding carboxylic acids is 2. The van der Waals surface area contributed by atoms with Crippen molar-refractivity contribution in [3.63, 3.8) is 0 Å². The lowest BCUT2D eigenvalue weighted by atomic mass is 10.3. The maximum absolute atomic E-state index is 11.3. The molecule has 1 atom stereocenters. The van der Waals surface area contributed by atoms with Crippen LogP contribution in [0.4, 0.5) is 0 Å². The monoisotopic (exact) mass is 246 g/mol. The normalized spacial score (nSPS) is 12.0. The van der Waals surface area contributed by atoms with Crippen LogP contribution in [-0.2, 0) is 9.59 Å². The average Bonchev–Trinajstić information content (AvgIpc) is 2.21. The second kappa shape index (κ2) is 7.13. The molecule has 0 fully saturated rings. The summed E-state index contributed by atoms with van der Waals surface area (Å²) in [6.45, 7) is 2.38. The van der Waals surface area contributed by atoms with Gasteiger partial charge in [0, 0.05) is 12.6 Å². The van der Waals surface area contributed by atoms with Crippen LogP contribution in [0.2, 0.25) is 0 Å². The van der Waals surface area contributed by atoms with Gasteiger partial charge in [-0.25, -0.2) is 0 Å². The summed E-state index contributed by atoms with van der Waals surface area (Å²) in [5.41, 5.74) is 5.18. The molecule has 0 radical (unpaired) electrons. The van der Waals surface area contributed by atoms with Crippen LogP contribution in [0.5, 0.6) is 0 Å². The highest BCUT2D eigenvalue weighted by Gasteiger charge is 2.14. The fourth-order valence-electron chi connectivity index (χ4n) is 0.751. The molecule has 1 unspecified atom stereocenters. The Morgan fingerprint density at radius 2 is 1.81 bits per heavy atom. The summed E-state index contributed by atoms with van der Waals surface area (Å²) >= 11 is 4.57. The van der Waals surface area contributed by atoms with Gasteiger partial charge in [-0.2, -0.15) is 0 Å². The summed E-state index contributed by atoms with van der Waals surface area (Å²) in [5, 5.41) is 4.81. The quantitative estimate of drug-likeness (QED) is 0.404. The van der Waals surface area contributed by atoms with E-state index in [9.17, 15) is 9.59 Å². The number of thiocarbonyl (C=S) groups is 1. The number of amides is 2. The first-order chi connectivity index (χ1) is 7.34. The predicted octanol–water partition coefficient (Wildman–Crippen LogP) is -1.54. The van der Waals surface area contributed by atoms with Crippen molar-refractivity contribution in [1.82, 2.24) is 15.5 Å². The van der Waals surface area contributed by atoms with E-state index in [1.807, 2.05) is 25.9 Å². The SMILES string of the molecule is CC(CNC(=O)C(=O)NCC(N)=S)N(C)C. The smallest absolute Gasteiger partial charge is 0.309 e. The Labute approximate surface area is 101 Å². The molecule has 0 aliphatic carbocycles. The van der Waals surface area contributed by atoms with Crippen molar-refractivity contribution in [3.05, 3.63) is 0 Å². The van der Waals surface area contributed by atoms with Crippen molar-refractivity contribution in [3.8, 4) is 0 Å². The summed E-state index contributed by atoms with van der Waals surface area (Å²) < 4.78 is 0. The van der Waals surface area contributed by atoms with E-state index in [4.69, 9.17) is 5.73 Å². The zero-order chi connectivity index (χ0) is 12.7. The lowest BCUT2D eigenvalue weighted by Gasteiger charge is -2.19. The lowest BCUT2D eigenvalue weighted by Crippen LogP contribution is -2.46. The minimum absolute atomic E-state index is 0.0326. The van der Waals surface area contributed by atoms with Gasteiger partial charge in [0.15, 0.2) is 0 Å². The maximum Gasteiger partial charge on any atom is 0.309 e. The van der Waals surface area contributed by atoms with E-state index in [0.29, 0.717) is 6.54 Å². The predicted molar refractivity (Wildman–Crippen MR) is 66.0 cm³/mol. The van der Waals surface area contributed by atoms with Gasteiger partial charge in [0.2, 0.25) is 0 Å². The largest absolute Gasteiger partial charge is 0.392 e. The van der Waals surface area contributed by atoms with Crippen molar-refractivity contribution < 1.29 is 9.59 Å². The van der Waals surface area contributed by atoms with Gasteiger partial charge in [-0.05, 0) is 21.0 Å². The molecule has 2 amide bonds. The summed E-state index contributed by atoms with van der Waals surface area (Å²) in [7, 11) is 3.79. The third-order valence-electron chi connectivity index (χ3n) is 2.07. The molecule has 4 N–H and O–H groups in total. The van der Waals surface area contributed by atoms with Gasteiger partial charge >= 0.3 is 11.8 Å². The second-order valence-corrected chi connectivity index (χ2v) is 4.20. The molecule has 0 aliphatic rings. The van der Waals surface area contributed by atoms with Gasteiger partial charge in [-0.15, -0.1) is 0 Å². The number of rotatable bonds is 5. The van der Waals surface area contributed by atoms with Gasteiger partial charge in [-0.3, -0.25) is 9.59 Å². The molecule has 0 spiro atoms. The fraction of sp³-hybridized carbons (Fsp3) is 0.667. The van der Waals surface area contributed by atoms with Crippen LogP contribution >= 0.6 is 12.2 Å². The van der Waals surface area contributed by atoms with Crippen LogP contribution in [-0.4, -0.2) is 54.9 Å². The Kier molecular flexibility index (Phi) is 6.59. The van der Waals surface area contributed by atoms with Crippen LogP contribution in [0.25, 0.3) is 0 Å². The van der Waals surface area contributed by atoms with E-state index in [1.54, 1.807) is 0 Å². The lowest BCUT2D eigenvalue weighted by molar-refractivity contribution is -0.139. The van der Waals surface area contributed by atoms with Crippen LogP contribution in [0.1, 0.15) is 6.92 Å². The van der Waals surface area contributed by atoms with Crippen LogP contribution in [0.15, 0.2) is 0 Å². The summed E-state index contributed by atoms with van der Waals surface area (Å²) in [6, 6.07) is 0.160. The molecule has 6 nitrogen and oxygen atoms in total. The number of hydrogen-bond acceptors (Lipinski definition) is 4. The van der Waals surface area contributed by atoms with E-state index in [2.05, 4.69) is 22.9 Å². The van der Waals surface area contributed by atoms with Gasteiger partial charge in [0.25, 0.3) is 0 Å². The van der Waals surface area contributed by atoms with Gasteiger partial charge in [0.05, 0.1) is 11.5 Å². The fourth-order valence-corrected chi connectivity index (χ4v) is 0.823. The minimum Gasteiger partial charge on any atom is -0.392 e. The van der Waals surface area contributed by atoms with E-state index < -0.39 is 11.8 Å². The van der Waals surface area contributed by atoms with Crippen molar-refractivity contribution >= 4 is 29.0 Å². The standard InChI is InChI=1S/C9H18N4O2S/c1-6(13(2)3)4-11-8(14)9(15)12-5-7(10)16/h6H,4-5H2,1-3H3,(H2,10,16)(H,11,14)(H,12,15). The Morgan fingerprint density at radius 3 is 2.25 bits per heavy atom. The van der Waals surface area contributed by atoms with Crippen LogP contribution in [0, 0.1) is 0 Å². The topological polar surface area (TPSA) is 87.5 Å². The first kappa shape index (κ1) is 14.8. The highest BCUT2D eigenvalue weighted by molar-refractivity contribution is 7.80. The summed E-state index contributed by atoms with van der Waals surface area (Å²) in [5.74, 6) is -1.40. The highest BCUT2D eigenvalue weighted by Crippen LogP contribution is 1.87. The molecule has 0 saturated heterocycles. The first-order valence-corrected chi connectivity index (χ1v) is 5.26. The van der Waals surface area contributed by atoms with Crippen molar-refractivity contribution in [2.45, 2.75) is 13.0 Å². The first-order valence-electron chi connectivity index (χ1n) is 4.85. The Balaban J connectivity index is 3.88. The number of nitrogens with zero attached hydrogens (tertiary/aromatic N) is 1. The zero-order valence-electron chi connectivity index (χ0n) is 9.74. The van der Waals surface area contributed by atoms with Gasteiger partial charge < -0.3 is 21.3 Å². The molecule has 0 bridgehead atoms. The minimum atomic E-state index is -0.723. The summed E-state index contributed by atoms with van der Waals surface area (Å²) in [6.07, 6.45) is 0. The number of nitrogens with two attached hydrogens (primary N) is 1. The molecule has 0 rings (SSSR count). The molecule has 92 valence electrons. The molecular formula is C9H18N4O2S. The second-order valence-electron chi connectivity index (χ2n) is 3.67. The number of likely N-dealkylation sites (N-methyl/N-ethyl adjacent to an activating group) is 1. The van der Waals surface area contributed by atoms with Crippen molar-refractivity contribution in [2.75, 3.05) is 27.2 Å². The molecule has 0 heterocycles. The van der Waals surface area contributed by atoms with Gasteiger partial charge in [0.1, 0.15) is 0 Å². The van der Waals surface area contributed by atoms with Crippen molar-refractivity contribution in [2.24, 2.45) is 5.73 Å². The molecule has 0 aromatic heterocycles. The molecule has 7 heteroatoms. The molecule has 0 saturated carbocycles. The Morgan fingerprint density at radius 1 is 1.31 bits per heavy atom. The van der Waals surface area contributed by atoms with Crippen molar-refractivity contribution in [1.29, 1.82) is 0 Å². The Bertz CT molecular complexity index is 281. The van der Waals surface area contributed by atoms with Crippen LogP contribution < -0.4 is 16.4 Å². The molecule has 0 aliphatic heterocycles. The highest BCUT2D eigenvalue weighted by atomic mass is 32.1. The Hall–Kier alpha value is -1.21. The third-order valence-corrected chi connectivity index (χ3v) is 2.21. The molecule has 16 heavy (non-hydrogen) atoms. The van der Waals surface area contributed by atoms with E-state index in [1.165, 1.54) is 0 Å².